The van der Waals surface area contributed by atoms with E-state index in [0.717, 1.165) is 16.2 Å². The van der Waals surface area contributed by atoms with Crippen molar-refractivity contribution in [1.29, 1.82) is 0 Å². The minimum absolute atomic E-state index is 0.0301. The highest BCUT2D eigenvalue weighted by atomic mass is 16.5. The summed E-state index contributed by atoms with van der Waals surface area (Å²) in [5.74, 6) is 0.231. The van der Waals surface area contributed by atoms with Gasteiger partial charge in [0.15, 0.2) is 0 Å². The number of ether oxygens (including phenoxy) is 1. The molecule has 132 valence electrons. The number of amides is 1. The number of carbonyl (C=O) groups excluding carboxylic acids is 1. The highest BCUT2D eigenvalue weighted by molar-refractivity contribution is 5.77. The van der Waals surface area contributed by atoms with E-state index < -0.39 is 5.91 Å². The molecule has 0 aliphatic heterocycles. The molecule has 0 bridgehead atoms. The summed E-state index contributed by atoms with van der Waals surface area (Å²) >= 11 is 0. The third-order valence-corrected chi connectivity index (χ3v) is 3.84. The lowest BCUT2D eigenvalue weighted by Gasteiger charge is -2.15. The van der Waals surface area contributed by atoms with Crippen LogP contribution in [0, 0.1) is 0 Å². The van der Waals surface area contributed by atoms with E-state index in [9.17, 15) is 10.0 Å². The van der Waals surface area contributed by atoms with Gasteiger partial charge in [-0.05, 0) is 23.3 Å². The second-order valence-corrected chi connectivity index (χ2v) is 5.87. The van der Waals surface area contributed by atoms with Crippen molar-refractivity contribution in [3.63, 3.8) is 0 Å². The van der Waals surface area contributed by atoms with Crippen molar-refractivity contribution >= 4 is 5.91 Å². The van der Waals surface area contributed by atoms with Gasteiger partial charge in [0.1, 0.15) is 12.4 Å². The molecule has 1 amide bonds. The van der Waals surface area contributed by atoms with Gasteiger partial charge in [-0.15, -0.1) is 0 Å². The van der Waals surface area contributed by atoms with E-state index >= 15 is 0 Å². The van der Waals surface area contributed by atoms with Crippen LogP contribution in [0.4, 0.5) is 0 Å². The number of benzene rings is 2. The molecular weight excluding hydrogens is 328 g/mol. The van der Waals surface area contributed by atoms with Crippen LogP contribution in [-0.2, 0) is 24.4 Å². The number of aromatic nitrogens is 1. The highest BCUT2D eigenvalue weighted by Gasteiger charge is 2.13. The molecule has 0 fully saturated rings. The summed E-state index contributed by atoms with van der Waals surface area (Å²) in [6.45, 7) is 0.611. The molecule has 0 saturated heterocycles. The third-order valence-electron chi connectivity index (χ3n) is 3.84. The van der Waals surface area contributed by atoms with E-state index in [-0.39, 0.29) is 13.0 Å². The van der Waals surface area contributed by atoms with Gasteiger partial charge in [0, 0.05) is 0 Å². The maximum absolute atomic E-state index is 12.1. The average molecular weight is 348 g/mol. The predicted octanol–water partition coefficient (Wildman–Crippen LogP) is 3.62. The minimum atomic E-state index is -0.403. The molecule has 1 aromatic heterocycles. The number of carbonyl (C=O) groups is 1. The van der Waals surface area contributed by atoms with E-state index in [2.05, 4.69) is 4.98 Å². The van der Waals surface area contributed by atoms with E-state index in [4.69, 9.17) is 4.74 Å². The van der Waals surface area contributed by atoms with Crippen molar-refractivity contribution in [3.8, 4) is 5.75 Å². The topological polar surface area (TPSA) is 62.7 Å². The van der Waals surface area contributed by atoms with Gasteiger partial charge in [-0.25, -0.2) is 5.06 Å². The van der Waals surface area contributed by atoms with Crippen molar-refractivity contribution in [1.82, 2.24) is 10.0 Å². The molecule has 3 aromatic rings. The Bertz CT molecular complexity index is 821. The zero-order chi connectivity index (χ0) is 18.2. The maximum Gasteiger partial charge on any atom is 0.252 e. The van der Waals surface area contributed by atoms with Crippen LogP contribution in [-0.4, -0.2) is 21.2 Å². The van der Waals surface area contributed by atoms with E-state index in [1.54, 1.807) is 18.3 Å². The number of hydrogen-bond donors (Lipinski definition) is 1. The molecule has 0 atom stereocenters. The lowest BCUT2D eigenvalue weighted by atomic mass is 10.2. The largest absolute Gasteiger partial charge is 0.487 e. The molecule has 3 rings (SSSR count). The Kier molecular flexibility index (Phi) is 5.96. The van der Waals surface area contributed by atoms with Gasteiger partial charge in [0.2, 0.25) is 0 Å². The van der Waals surface area contributed by atoms with Crippen LogP contribution in [0.15, 0.2) is 79.0 Å². The normalized spacial score (nSPS) is 10.3. The molecule has 0 aliphatic rings. The zero-order valence-corrected chi connectivity index (χ0v) is 14.3. The Labute approximate surface area is 152 Å². The second-order valence-electron chi connectivity index (χ2n) is 5.87. The van der Waals surface area contributed by atoms with Gasteiger partial charge in [-0.2, -0.15) is 0 Å². The fourth-order valence-corrected chi connectivity index (χ4v) is 2.43. The fraction of sp³-hybridized carbons (Fsp3) is 0.143. The molecule has 0 unspecified atom stereocenters. The first-order valence-electron chi connectivity index (χ1n) is 8.35. The van der Waals surface area contributed by atoms with Gasteiger partial charge in [-0.3, -0.25) is 15.0 Å². The first-order valence-corrected chi connectivity index (χ1v) is 8.35. The van der Waals surface area contributed by atoms with Crippen molar-refractivity contribution < 1.29 is 14.7 Å². The number of hydrogen-bond acceptors (Lipinski definition) is 4. The molecule has 0 aliphatic carbocycles. The summed E-state index contributed by atoms with van der Waals surface area (Å²) in [5, 5.41) is 10.6. The minimum Gasteiger partial charge on any atom is -0.487 e. The molecule has 2 aromatic carbocycles. The van der Waals surface area contributed by atoms with Gasteiger partial charge < -0.3 is 4.74 Å². The molecule has 1 heterocycles. The van der Waals surface area contributed by atoms with Crippen LogP contribution < -0.4 is 4.74 Å². The molecular formula is C21H20N2O3. The lowest BCUT2D eigenvalue weighted by molar-refractivity contribution is -0.167. The van der Waals surface area contributed by atoms with Crippen LogP contribution in [0.3, 0.4) is 0 Å². The highest BCUT2D eigenvalue weighted by Crippen LogP contribution is 2.13. The molecule has 0 radical (unpaired) electrons. The molecule has 0 saturated carbocycles. The summed E-state index contributed by atoms with van der Waals surface area (Å²) < 4.78 is 5.67. The maximum atomic E-state index is 12.1. The van der Waals surface area contributed by atoms with Crippen molar-refractivity contribution in [3.05, 3.63) is 95.8 Å². The van der Waals surface area contributed by atoms with Gasteiger partial charge in [-0.1, -0.05) is 60.7 Å². The van der Waals surface area contributed by atoms with E-state index in [1.807, 2.05) is 60.7 Å². The average Bonchev–Trinajstić information content (AvgIpc) is 2.69. The van der Waals surface area contributed by atoms with Crippen LogP contribution >= 0.6 is 0 Å². The van der Waals surface area contributed by atoms with Gasteiger partial charge in [0.05, 0.1) is 24.9 Å². The van der Waals surface area contributed by atoms with Crippen molar-refractivity contribution in [2.75, 3.05) is 0 Å². The van der Waals surface area contributed by atoms with Crippen molar-refractivity contribution in [2.24, 2.45) is 0 Å². The molecule has 0 spiro atoms. The number of rotatable bonds is 7. The Morgan fingerprint density at radius 2 is 1.58 bits per heavy atom. The quantitative estimate of drug-likeness (QED) is 0.523. The number of nitrogens with zero attached hydrogens (tertiary/aromatic N) is 2. The monoisotopic (exact) mass is 348 g/mol. The van der Waals surface area contributed by atoms with Crippen LogP contribution in [0.25, 0.3) is 0 Å². The van der Waals surface area contributed by atoms with E-state index in [1.165, 1.54) is 0 Å². The van der Waals surface area contributed by atoms with Crippen molar-refractivity contribution in [2.45, 2.75) is 19.6 Å². The Balaban J connectivity index is 1.51. The van der Waals surface area contributed by atoms with Crippen LogP contribution in [0.2, 0.25) is 0 Å². The van der Waals surface area contributed by atoms with E-state index in [0.29, 0.717) is 18.1 Å². The molecule has 5 heteroatoms. The lowest BCUT2D eigenvalue weighted by Crippen LogP contribution is -2.28. The Morgan fingerprint density at radius 1 is 0.923 bits per heavy atom. The fourth-order valence-electron chi connectivity index (χ4n) is 2.43. The summed E-state index contributed by atoms with van der Waals surface area (Å²) in [6.07, 6.45) is 1.62. The second kappa shape index (κ2) is 8.78. The summed E-state index contributed by atoms with van der Waals surface area (Å²) in [4.78, 5) is 16.4. The Morgan fingerprint density at radius 3 is 2.19 bits per heavy atom. The first-order chi connectivity index (χ1) is 12.7. The molecule has 1 N–H and O–H groups in total. The summed E-state index contributed by atoms with van der Waals surface area (Å²) in [7, 11) is 0. The summed E-state index contributed by atoms with van der Waals surface area (Å²) in [5.41, 5.74) is 2.51. The van der Waals surface area contributed by atoms with Gasteiger partial charge >= 0.3 is 0 Å². The predicted molar refractivity (Wildman–Crippen MR) is 97.5 cm³/mol. The molecule has 5 nitrogen and oxygen atoms in total. The van der Waals surface area contributed by atoms with Crippen LogP contribution in [0.1, 0.15) is 16.8 Å². The SMILES string of the molecule is O=C(Cc1ccc(OCc2ccccc2)cn1)N(O)Cc1ccccc1. The standard InChI is InChI=1S/C21H20N2O3/c24-21(23(25)15-17-7-3-1-4-8-17)13-19-11-12-20(14-22-19)26-16-18-9-5-2-6-10-18/h1-12,14,25H,13,15-16H2. The zero-order valence-electron chi connectivity index (χ0n) is 14.3. The Hall–Kier alpha value is -3.18. The third kappa shape index (κ3) is 5.16. The van der Waals surface area contributed by atoms with Gasteiger partial charge in [0.25, 0.3) is 5.91 Å². The summed E-state index contributed by atoms with van der Waals surface area (Å²) in [6, 6.07) is 22.7. The molecule has 26 heavy (non-hydrogen) atoms. The van der Waals surface area contributed by atoms with Crippen LogP contribution in [0.5, 0.6) is 5.75 Å². The number of hydroxylamine groups is 2. The number of pyridine rings is 1. The first kappa shape index (κ1) is 17.6. The smallest absolute Gasteiger partial charge is 0.252 e.